The first-order valence-electron chi connectivity index (χ1n) is 8.39. The van der Waals surface area contributed by atoms with Crippen molar-refractivity contribution in [3.05, 3.63) is 62.1 Å². The summed E-state index contributed by atoms with van der Waals surface area (Å²) in [5.74, 6) is -0.997. The number of rotatable bonds is 4. The first-order valence-corrected chi connectivity index (χ1v) is 9.47. The number of halogens is 1. The Labute approximate surface area is 170 Å². The van der Waals surface area contributed by atoms with Crippen molar-refractivity contribution in [2.45, 2.75) is 25.9 Å². The summed E-state index contributed by atoms with van der Waals surface area (Å²) in [5.41, 5.74) is 0.277. The molecular formula is C18H20IN5O3. The molecule has 0 radical (unpaired) electrons. The maximum absolute atomic E-state index is 12.6. The molecule has 2 aromatic heterocycles. The monoisotopic (exact) mass is 481 g/mol. The van der Waals surface area contributed by atoms with Gasteiger partial charge in [-0.2, -0.15) is 5.10 Å². The number of carbonyl (C=O) groups excluding carboxylic acids is 1. The van der Waals surface area contributed by atoms with Crippen LogP contribution in [-0.2, 0) is 0 Å². The van der Waals surface area contributed by atoms with Gasteiger partial charge >= 0.3 is 0 Å². The smallest absolute Gasteiger partial charge is 0.275 e. The van der Waals surface area contributed by atoms with E-state index in [0.29, 0.717) is 6.54 Å². The number of aromatic nitrogens is 4. The number of likely N-dealkylation sites (N-methyl/N-ethyl adjacent to an activating group) is 1. The standard InChI is InChI=1S/C18H20IN5O3/c1-4-5-6-11(2)15(23-9-14(19)20-10-23)12-8-22(3)18(27)16-17(26)13(25)7-21-24(12)16/h4-7,9-10,12,15,26H,8H2,1-3H3/b5-4-,11-6+. The van der Waals surface area contributed by atoms with Crippen LogP contribution < -0.4 is 5.43 Å². The van der Waals surface area contributed by atoms with E-state index in [4.69, 9.17) is 0 Å². The highest BCUT2D eigenvalue weighted by Gasteiger charge is 2.38. The van der Waals surface area contributed by atoms with E-state index in [1.54, 1.807) is 13.4 Å². The SMILES string of the molecule is C/C=C\C=C(/C)C(C1CN(C)C(=O)c2c(O)c(=O)cnn21)n1cnc(I)c1. The lowest BCUT2D eigenvalue weighted by atomic mass is 9.97. The summed E-state index contributed by atoms with van der Waals surface area (Å²) in [6, 6.07) is -0.526. The van der Waals surface area contributed by atoms with Gasteiger partial charge in [-0.05, 0) is 42.0 Å². The van der Waals surface area contributed by atoms with Crippen LogP contribution in [0.3, 0.4) is 0 Å². The molecule has 0 aromatic carbocycles. The minimum atomic E-state index is -0.668. The molecule has 1 amide bonds. The summed E-state index contributed by atoms with van der Waals surface area (Å²) in [5, 5.41) is 14.4. The highest BCUT2D eigenvalue weighted by atomic mass is 127. The molecule has 27 heavy (non-hydrogen) atoms. The van der Waals surface area contributed by atoms with E-state index in [-0.39, 0.29) is 17.8 Å². The molecular weight excluding hydrogens is 461 g/mol. The van der Waals surface area contributed by atoms with Gasteiger partial charge in [-0.3, -0.25) is 9.59 Å². The molecule has 0 spiro atoms. The van der Waals surface area contributed by atoms with Gasteiger partial charge in [0.1, 0.15) is 3.70 Å². The van der Waals surface area contributed by atoms with Crippen LogP contribution in [0.5, 0.6) is 5.75 Å². The first-order chi connectivity index (χ1) is 12.8. The minimum absolute atomic E-state index is 0.0834. The molecule has 2 aromatic rings. The molecule has 1 aliphatic heterocycles. The van der Waals surface area contributed by atoms with Gasteiger partial charge in [0.25, 0.3) is 5.91 Å². The number of nitrogens with zero attached hydrogens (tertiary/aromatic N) is 5. The average Bonchev–Trinajstić information content (AvgIpc) is 3.06. The third-order valence-electron chi connectivity index (χ3n) is 4.58. The van der Waals surface area contributed by atoms with Crippen LogP contribution in [0.1, 0.15) is 36.4 Å². The molecule has 3 heterocycles. The van der Waals surface area contributed by atoms with Crippen molar-refractivity contribution >= 4 is 28.5 Å². The number of hydrogen-bond acceptors (Lipinski definition) is 5. The van der Waals surface area contributed by atoms with Crippen molar-refractivity contribution in [3.63, 3.8) is 0 Å². The molecule has 0 saturated carbocycles. The number of fused-ring (bicyclic) bond motifs is 1. The number of amides is 1. The van der Waals surface area contributed by atoms with Crippen molar-refractivity contribution in [2.75, 3.05) is 13.6 Å². The van der Waals surface area contributed by atoms with Crippen LogP contribution in [0, 0.1) is 3.70 Å². The van der Waals surface area contributed by atoms with Gasteiger partial charge < -0.3 is 14.6 Å². The Hall–Kier alpha value is -2.43. The number of aromatic hydroxyl groups is 1. The van der Waals surface area contributed by atoms with Gasteiger partial charge in [0.15, 0.2) is 11.4 Å². The molecule has 2 unspecified atom stereocenters. The maximum atomic E-state index is 12.6. The van der Waals surface area contributed by atoms with Crippen LogP contribution in [0.4, 0.5) is 0 Å². The van der Waals surface area contributed by atoms with Crippen molar-refractivity contribution in [1.29, 1.82) is 0 Å². The van der Waals surface area contributed by atoms with Crippen LogP contribution >= 0.6 is 22.6 Å². The molecule has 2 atom stereocenters. The summed E-state index contributed by atoms with van der Waals surface area (Å²) in [6.07, 6.45) is 10.6. The molecule has 9 heteroatoms. The van der Waals surface area contributed by atoms with E-state index in [1.807, 2.05) is 42.8 Å². The lowest BCUT2D eigenvalue weighted by molar-refractivity contribution is 0.0670. The first kappa shape index (κ1) is 19.3. The summed E-state index contributed by atoms with van der Waals surface area (Å²) >= 11 is 2.14. The molecule has 1 N–H and O–H groups in total. The molecule has 0 fully saturated rings. The van der Waals surface area contributed by atoms with Crippen LogP contribution in [0.2, 0.25) is 0 Å². The highest BCUT2D eigenvalue weighted by molar-refractivity contribution is 14.1. The van der Waals surface area contributed by atoms with Crippen molar-refractivity contribution in [3.8, 4) is 5.75 Å². The van der Waals surface area contributed by atoms with Crippen LogP contribution in [0.15, 0.2) is 47.3 Å². The molecule has 0 bridgehead atoms. The molecule has 0 aliphatic carbocycles. The number of imidazole rings is 1. The Morgan fingerprint density at radius 1 is 1.44 bits per heavy atom. The van der Waals surface area contributed by atoms with Crippen LogP contribution in [0.25, 0.3) is 0 Å². The van der Waals surface area contributed by atoms with Crippen molar-refractivity contribution < 1.29 is 9.90 Å². The fraction of sp³-hybridized carbons (Fsp3) is 0.333. The highest BCUT2D eigenvalue weighted by Crippen LogP contribution is 2.35. The zero-order valence-electron chi connectivity index (χ0n) is 15.2. The predicted molar refractivity (Wildman–Crippen MR) is 109 cm³/mol. The number of allylic oxidation sites excluding steroid dienone is 4. The second kappa shape index (κ2) is 7.67. The van der Waals surface area contributed by atoms with E-state index >= 15 is 0 Å². The zero-order valence-corrected chi connectivity index (χ0v) is 17.4. The molecule has 142 valence electrons. The second-order valence-electron chi connectivity index (χ2n) is 6.43. The topological polar surface area (TPSA) is 93.3 Å². The molecule has 3 rings (SSSR count). The van der Waals surface area contributed by atoms with Crippen molar-refractivity contribution in [1.82, 2.24) is 24.2 Å². The average molecular weight is 481 g/mol. The Morgan fingerprint density at radius 3 is 2.81 bits per heavy atom. The van der Waals surface area contributed by atoms with E-state index in [2.05, 4.69) is 32.7 Å². The van der Waals surface area contributed by atoms with E-state index in [0.717, 1.165) is 15.5 Å². The quantitative estimate of drug-likeness (QED) is 0.534. The van der Waals surface area contributed by atoms with Gasteiger partial charge in [0, 0.05) is 19.8 Å². The third-order valence-corrected chi connectivity index (χ3v) is 5.14. The van der Waals surface area contributed by atoms with Gasteiger partial charge in [-0.1, -0.05) is 18.2 Å². The predicted octanol–water partition coefficient (Wildman–Crippen LogP) is 2.14. The fourth-order valence-electron chi connectivity index (χ4n) is 3.31. The van der Waals surface area contributed by atoms with Gasteiger partial charge in [-0.25, -0.2) is 9.67 Å². The second-order valence-corrected chi connectivity index (χ2v) is 7.53. The Morgan fingerprint density at radius 2 is 2.19 bits per heavy atom. The molecule has 0 saturated heterocycles. The molecule has 8 nitrogen and oxygen atoms in total. The van der Waals surface area contributed by atoms with Gasteiger partial charge in [0.2, 0.25) is 5.43 Å². The Kier molecular flexibility index (Phi) is 5.49. The Balaban J connectivity index is 2.21. The largest absolute Gasteiger partial charge is 0.502 e. The van der Waals surface area contributed by atoms with E-state index < -0.39 is 17.1 Å². The summed E-state index contributed by atoms with van der Waals surface area (Å²) in [6.45, 7) is 4.31. The lowest BCUT2D eigenvalue weighted by Crippen LogP contribution is -2.46. The number of carbonyl (C=O) groups is 1. The molecule has 1 aliphatic rings. The van der Waals surface area contributed by atoms with Gasteiger partial charge in [0.05, 0.1) is 24.6 Å². The van der Waals surface area contributed by atoms with Gasteiger partial charge in [-0.15, -0.1) is 0 Å². The number of hydrogen-bond donors (Lipinski definition) is 1. The third kappa shape index (κ3) is 3.55. The Bertz CT molecular complexity index is 991. The summed E-state index contributed by atoms with van der Waals surface area (Å²) < 4.78 is 4.27. The van der Waals surface area contributed by atoms with Crippen molar-refractivity contribution in [2.24, 2.45) is 0 Å². The zero-order chi connectivity index (χ0) is 19.7. The minimum Gasteiger partial charge on any atom is -0.502 e. The van der Waals surface area contributed by atoms with E-state index in [1.165, 1.54) is 9.58 Å². The van der Waals surface area contributed by atoms with Crippen LogP contribution in [-0.4, -0.2) is 48.8 Å². The lowest BCUT2D eigenvalue weighted by Gasteiger charge is -2.38. The summed E-state index contributed by atoms with van der Waals surface area (Å²) in [4.78, 5) is 30.2. The summed E-state index contributed by atoms with van der Waals surface area (Å²) in [7, 11) is 1.65. The normalized spacial score (nSPS) is 18.8. The van der Waals surface area contributed by atoms with E-state index in [9.17, 15) is 14.7 Å². The maximum Gasteiger partial charge on any atom is 0.275 e. The fourth-order valence-corrected chi connectivity index (χ4v) is 3.76.